The highest BCUT2D eigenvalue weighted by molar-refractivity contribution is 9.10. The van der Waals surface area contributed by atoms with Crippen molar-refractivity contribution in [2.75, 3.05) is 18.4 Å². The number of urea groups is 1. The van der Waals surface area contributed by atoms with Crippen LogP contribution in [0.25, 0.3) is 0 Å². The zero-order chi connectivity index (χ0) is 12.1. The number of anilines is 1. The SMILES string of the molecule is Cl.O=C(Nc1ccccc1Br)NC1CCNCC1. The second kappa shape index (κ2) is 7.61. The smallest absolute Gasteiger partial charge is 0.319 e. The van der Waals surface area contributed by atoms with E-state index in [1.54, 1.807) is 0 Å². The number of amides is 2. The molecule has 0 aromatic heterocycles. The van der Waals surface area contributed by atoms with Crippen LogP contribution in [0.1, 0.15) is 12.8 Å². The molecular weight excluding hydrogens is 318 g/mol. The lowest BCUT2D eigenvalue weighted by atomic mass is 10.1. The van der Waals surface area contributed by atoms with E-state index < -0.39 is 0 Å². The molecule has 0 saturated carbocycles. The number of benzene rings is 1. The van der Waals surface area contributed by atoms with Crippen molar-refractivity contribution in [1.82, 2.24) is 10.6 Å². The lowest BCUT2D eigenvalue weighted by Gasteiger charge is -2.23. The molecule has 0 unspecified atom stereocenters. The third kappa shape index (κ3) is 4.48. The molecule has 18 heavy (non-hydrogen) atoms. The van der Waals surface area contributed by atoms with E-state index >= 15 is 0 Å². The lowest BCUT2D eigenvalue weighted by Crippen LogP contribution is -2.44. The Morgan fingerprint density at radius 1 is 1.28 bits per heavy atom. The first-order chi connectivity index (χ1) is 8.25. The molecule has 0 bridgehead atoms. The van der Waals surface area contributed by atoms with E-state index in [2.05, 4.69) is 31.9 Å². The maximum absolute atomic E-state index is 11.8. The van der Waals surface area contributed by atoms with Gasteiger partial charge in [0.25, 0.3) is 0 Å². The fourth-order valence-corrected chi connectivity index (χ4v) is 2.26. The molecule has 1 aliphatic heterocycles. The Morgan fingerprint density at radius 3 is 2.61 bits per heavy atom. The van der Waals surface area contributed by atoms with Crippen LogP contribution in [0.15, 0.2) is 28.7 Å². The van der Waals surface area contributed by atoms with E-state index in [-0.39, 0.29) is 24.5 Å². The van der Waals surface area contributed by atoms with Crippen molar-refractivity contribution in [1.29, 1.82) is 0 Å². The molecule has 1 heterocycles. The molecule has 2 rings (SSSR count). The van der Waals surface area contributed by atoms with Gasteiger partial charge in [-0.3, -0.25) is 0 Å². The molecule has 1 aliphatic rings. The van der Waals surface area contributed by atoms with E-state index in [4.69, 9.17) is 0 Å². The number of hydrogen-bond acceptors (Lipinski definition) is 2. The predicted molar refractivity (Wildman–Crippen MR) is 79.4 cm³/mol. The molecule has 0 spiro atoms. The van der Waals surface area contributed by atoms with E-state index in [9.17, 15) is 4.79 Å². The normalized spacial score (nSPS) is 15.6. The van der Waals surface area contributed by atoms with Gasteiger partial charge in [-0.1, -0.05) is 12.1 Å². The molecule has 4 nitrogen and oxygen atoms in total. The minimum Gasteiger partial charge on any atom is -0.335 e. The van der Waals surface area contributed by atoms with E-state index in [0.717, 1.165) is 36.1 Å². The topological polar surface area (TPSA) is 53.2 Å². The molecule has 2 amide bonds. The number of para-hydroxylation sites is 1. The maximum atomic E-state index is 11.8. The minimum absolute atomic E-state index is 0. The van der Waals surface area contributed by atoms with Crippen molar-refractivity contribution in [3.8, 4) is 0 Å². The zero-order valence-electron chi connectivity index (χ0n) is 9.91. The average Bonchev–Trinajstić information content (AvgIpc) is 2.33. The average molecular weight is 335 g/mol. The molecule has 100 valence electrons. The second-order valence-electron chi connectivity index (χ2n) is 4.10. The summed E-state index contributed by atoms with van der Waals surface area (Å²) in [4.78, 5) is 11.8. The fourth-order valence-electron chi connectivity index (χ4n) is 1.87. The monoisotopic (exact) mass is 333 g/mol. The summed E-state index contributed by atoms with van der Waals surface area (Å²) in [5, 5.41) is 9.09. The first-order valence-electron chi connectivity index (χ1n) is 5.78. The van der Waals surface area contributed by atoms with Gasteiger partial charge in [0.2, 0.25) is 0 Å². The zero-order valence-corrected chi connectivity index (χ0v) is 12.3. The molecule has 1 saturated heterocycles. The van der Waals surface area contributed by atoms with E-state index in [0.29, 0.717) is 0 Å². The number of carbonyl (C=O) groups is 1. The molecule has 0 aliphatic carbocycles. The number of rotatable bonds is 2. The highest BCUT2D eigenvalue weighted by Gasteiger charge is 2.15. The summed E-state index contributed by atoms with van der Waals surface area (Å²) in [7, 11) is 0. The Balaban J connectivity index is 0.00000162. The van der Waals surface area contributed by atoms with Crippen LogP contribution in [0.3, 0.4) is 0 Å². The van der Waals surface area contributed by atoms with Gasteiger partial charge in [-0.15, -0.1) is 12.4 Å². The van der Waals surface area contributed by atoms with Gasteiger partial charge in [0.1, 0.15) is 0 Å². The standard InChI is InChI=1S/C12H16BrN3O.ClH/c13-10-3-1-2-4-11(10)16-12(17)15-9-5-7-14-8-6-9;/h1-4,9,14H,5-8H2,(H2,15,16,17);1H. The van der Waals surface area contributed by atoms with Crippen molar-refractivity contribution in [2.45, 2.75) is 18.9 Å². The van der Waals surface area contributed by atoms with E-state index in [1.165, 1.54) is 0 Å². The minimum atomic E-state index is -0.135. The van der Waals surface area contributed by atoms with Crippen molar-refractivity contribution in [3.05, 3.63) is 28.7 Å². The second-order valence-corrected chi connectivity index (χ2v) is 4.96. The maximum Gasteiger partial charge on any atom is 0.319 e. The highest BCUT2D eigenvalue weighted by Crippen LogP contribution is 2.20. The quantitative estimate of drug-likeness (QED) is 0.779. The van der Waals surface area contributed by atoms with E-state index in [1.807, 2.05) is 24.3 Å². The van der Waals surface area contributed by atoms with Crippen LogP contribution in [-0.2, 0) is 0 Å². The van der Waals surface area contributed by atoms with Gasteiger partial charge >= 0.3 is 6.03 Å². The van der Waals surface area contributed by atoms with Crippen LogP contribution in [0, 0.1) is 0 Å². The third-order valence-corrected chi connectivity index (χ3v) is 3.49. The summed E-state index contributed by atoms with van der Waals surface area (Å²) in [6.07, 6.45) is 1.98. The molecule has 6 heteroatoms. The van der Waals surface area contributed by atoms with Gasteiger partial charge in [-0.25, -0.2) is 4.79 Å². The first kappa shape index (κ1) is 15.3. The first-order valence-corrected chi connectivity index (χ1v) is 6.58. The molecule has 1 fully saturated rings. The van der Waals surface area contributed by atoms with Crippen LogP contribution in [0.4, 0.5) is 10.5 Å². The van der Waals surface area contributed by atoms with Crippen molar-refractivity contribution < 1.29 is 4.79 Å². The summed E-state index contributed by atoms with van der Waals surface area (Å²) < 4.78 is 0.889. The number of piperidine rings is 1. The molecule has 3 N–H and O–H groups in total. The Labute approximate surface area is 121 Å². The number of halogens is 2. The van der Waals surface area contributed by atoms with Crippen molar-refractivity contribution >= 4 is 40.1 Å². The predicted octanol–water partition coefficient (Wildman–Crippen LogP) is 2.74. The Morgan fingerprint density at radius 2 is 1.94 bits per heavy atom. The molecular formula is C12H17BrClN3O. The Kier molecular flexibility index (Phi) is 6.46. The van der Waals surface area contributed by atoms with Crippen LogP contribution >= 0.6 is 28.3 Å². The van der Waals surface area contributed by atoms with Gasteiger partial charge in [-0.05, 0) is 54.0 Å². The van der Waals surface area contributed by atoms with Crippen LogP contribution in [0.5, 0.6) is 0 Å². The Bertz CT molecular complexity index is 397. The number of carbonyl (C=O) groups excluding carboxylic acids is 1. The summed E-state index contributed by atoms with van der Waals surface area (Å²) in [6.45, 7) is 1.94. The van der Waals surface area contributed by atoms with Gasteiger partial charge < -0.3 is 16.0 Å². The summed E-state index contributed by atoms with van der Waals surface area (Å²) in [6, 6.07) is 7.72. The number of hydrogen-bond donors (Lipinski definition) is 3. The van der Waals surface area contributed by atoms with Gasteiger partial charge in [-0.2, -0.15) is 0 Å². The molecule has 1 aromatic carbocycles. The van der Waals surface area contributed by atoms with Crippen molar-refractivity contribution in [3.63, 3.8) is 0 Å². The molecule has 0 radical (unpaired) electrons. The highest BCUT2D eigenvalue weighted by atomic mass is 79.9. The summed E-state index contributed by atoms with van der Waals surface area (Å²) in [5.74, 6) is 0. The summed E-state index contributed by atoms with van der Waals surface area (Å²) in [5.41, 5.74) is 0.791. The largest absolute Gasteiger partial charge is 0.335 e. The lowest BCUT2D eigenvalue weighted by molar-refractivity contribution is 0.245. The van der Waals surface area contributed by atoms with Gasteiger partial charge in [0.15, 0.2) is 0 Å². The summed E-state index contributed by atoms with van der Waals surface area (Å²) >= 11 is 3.40. The van der Waals surface area contributed by atoms with Crippen LogP contribution in [0.2, 0.25) is 0 Å². The number of nitrogens with one attached hydrogen (secondary N) is 3. The molecule has 0 atom stereocenters. The fraction of sp³-hybridized carbons (Fsp3) is 0.417. The van der Waals surface area contributed by atoms with Gasteiger partial charge in [0, 0.05) is 10.5 Å². The third-order valence-electron chi connectivity index (χ3n) is 2.80. The Hall–Kier alpha value is -0.780. The van der Waals surface area contributed by atoms with Crippen LogP contribution in [-0.4, -0.2) is 25.2 Å². The van der Waals surface area contributed by atoms with Gasteiger partial charge in [0.05, 0.1) is 5.69 Å². The van der Waals surface area contributed by atoms with Crippen molar-refractivity contribution in [2.24, 2.45) is 0 Å². The van der Waals surface area contributed by atoms with Crippen LogP contribution < -0.4 is 16.0 Å². The molecule has 1 aromatic rings.